The lowest BCUT2D eigenvalue weighted by Crippen LogP contribution is -2.29. The van der Waals surface area contributed by atoms with Crippen molar-refractivity contribution in [3.8, 4) is 11.8 Å². The second-order valence-corrected chi connectivity index (χ2v) is 4.09. The normalized spacial score (nSPS) is 9.63. The Hall–Kier alpha value is -1.83. The van der Waals surface area contributed by atoms with Crippen molar-refractivity contribution >= 4 is 5.91 Å². The van der Waals surface area contributed by atoms with Crippen molar-refractivity contribution in [3.63, 3.8) is 0 Å². The molecule has 0 aliphatic heterocycles. The summed E-state index contributed by atoms with van der Waals surface area (Å²) < 4.78 is 5.10. The second kappa shape index (κ2) is 8.30. The number of nitrogens with two attached hydrogens (primary N) is 1. The number of hydrogen-bond donors (Lipinski definition) is 1. The molecule has 2 N–H and O–H groups in total. The van der Waals surface area contributed by atoms with E-state index in [0.29, 0.717) is 19.7 Å². The molecule has 0 saturated carbocycles. The van der Waals surface area contributed by atoms with E-state index >= 15 is 0 Å². The summed E-state index contributed by atoms with van der Waals surface area (Å²) in [5.74, 6) is 5.76. The zero-order valence-electron chi connectivity index (χ0n) is 11.5. The van der Waals surface area contributed by atoms with Crippen LogP contribution in [0.15, 0.2) is 24.3 Å². The maximum absolute atomic E-state index is 11.7. The van der Waals surface area contributed by atoms with Crippen LogP contribution in [0.1, 0.15) is 18.1 Å². The van der Waals surface area contributed by atoms with Crippen molar-refractivity contribution in [1.82, 2.24) is 4.90 Å². The fraction of sp³-hybridized carbons (Fsp3) is 0.400. The van der Waals surface area contributed by atoms with Crippen molar-refractivity contribution in [1.29, 1.82) is 0 Å². The van der Waals surface area contributed by atoms with Crippen LogP contribution in [0.5, 0.6) is 0 Å². The molecule has 102 valence electrons. The number of rotatable bonds is 5. The summed E-state index contributed by atoms with van der Waals surface area (Å²) in [6, 6.07) is 7.79. The maximum Gasteiger partial charge on any atom is 0.248 e. The number of carbonyl (C=O) groups excluding carboxylic acids is 1. The van der Waals surface area contributed by atoms with Gasteiger partial charge in [0.05, 0.1) is 6.54 Å². The molecule has 0 saturated heterocycles. The Bertz CT molecular complexity index is 475. The van der Waals surface area contributed by atoms with Crippen LogP contribution < -0.4 is 5.73 Å². The van der Waals surface area contributed by atoms with Crippen molar-refractivity contribution < 1.29 is 9.53 Å². The fourth-order valence-electron chi connectivity index (χ4n) is 1.56. The molecule has 0 atom stereocenters. The number of carbonyl (C=O) groups is 1. The molecule has 19 heavy (non-hydrogen) atoms. The van der Waals surface area contributed by atoms with Crippen LogP contribution in [-0.4, -0.2) is 37.6 Å². The van der Waals surface area contributed by atoms with Crippen LogP contribution in [0.2, 0.25) is 0 Å². The van der Waals surface area contributed by atoms with Gasteiger partial charge in [0.1, 0.15) is 6.61 Å². The number of hydrogen-bond acceptors (Lipinski definition) is 3. The number of nitrogens with zero attached hydrogens (tertiary/aromatic N) is 1. The van der Waals surface area contributed by atoms with Gasteiger partial charge in [0, 0.05) is 25.8 Å². The van der Waals surface area contributed by atoms with Gasteiger partial charge in [0.2, 0.25) is 5.91 Å². The van der Waals surface area contributed by atoms with E-state index in [0.717, 1.165) is 11.1 Å². The van der Waals surface area contributed by atoms with Gasteiger partial charge in [-0.25, -0.2) is 0 Å². The van der Waals surface area contributed by atoms with E-state index in [9.17, 15) is 4.79 Å². The van der Waals surface area contributed by atoms with E-state index in [1.807, 2.05) is 31.2 Å². The predicted molar refractivity (Wildman–Crippen MR) is 75.3 cm³/mol. The number of likely N-dealkylation sites (N-methyl/N-ethyl adjacent to an activating group) is 1. The quantitative estimate of drug-likeness (QED) is 0.803. The van der Waals surface area contributed by atoms with E-state index in [1.54, 1.807) is 11.9 Å². The van der Waals surface area contributed by atoms with Gasteiger partial charge in [0.15, 0.2) is 0 Å². The van der Waals surface area contributed by atoms with Gasteiger partial charge in [-0.3, -0.25) is 4.79 Å². The molecule has 0 heterocycles. The highest BCUT2D eigenvalue weighted by molar-refractivity contribution is 5.77. The molecule has 0 radical (unpaired) electrons. The molecular weight excluding hydrogens is 240 g/mol. The first kappa shape index (κ1) is 15.2. The largest absolute Gasteiger partial charge is 0.372 e. The minimum absolute atomic E-state index is 0.0275. The van der Waals surface area contributed by atoms with Gasteiger partial charge in [0.25, 0.3) is 0 Å². The topological polar surface area (TPSA) is 55.6 Å². The molecule has 1 rings (SSSR count). The van der Waals surface area contributed by atoms with Crippen LogP contribution in [-0.2, 0) is 16.1 Å². The molecule has 0 aliphatic rings. The standard InChI is InChI=1S/C15H20N2O2/c1-3-19-12-15(18)17(2)11-14-7-4-6-13(10-14)8-5-9-16/h4,6-7,10H,3,9,11-12,16H2,1-2H3. The van der Waals surface area contributed by atoms with E-state index in [1.165, 1.54) is 0 Å². The number of ether oxygens (including phenoxy) is 1. The van der Waals surface area contributed by atoms with Crippen LogP contribution in [0.3, 0.4) is 0 Å². The lowest BCUT2D eigenvalue weighted by atomic mass is 10.1. The molecule has 0 unspecified atom stereocenters. The highest BCUT2D eigenvalue weighted by atomic mass is 16.5. The molecule has 1 aromatic rings. The summed E-state index contributed by atoms with van der Waals surface area (Å²) in [5.41, 5.74) is 7.29. The van der Waals surface area contributed by atoms with E-state index < -0.39 is 0 Å². The molecule has 0 spiro atoms. The molecule has 4 heteroatoms. The Morgan fingerprint density at radius 3 is 2.95 bits per heavy atom. The van der Waals surface area contributed by atoms with E-state index in [-0.39, 0.29) is 12.5 Å². The fourth-order valence-corrected chi connectivity index (χ4v) is 1.56. The Balaban J connectivity index is 2.63. The monoisotopic (exact) mass is 260 g/mol. The van der Waals surface area contributed by atoms with E-state index in [2.05, 4.69) is 11.8 Å². The molecule has 0 fully saturated rings. The Morgan fingerprint density at radius 1 is 1.47 bits per heavy atom. The van der Waals surface area contributed by atoms with Crippen molar-refractivity contribution in [2.24, 2.45) is 5.73 Å². The van der Waals surface area contributed by atoms with Gasteiger partial charge in [-0.1, -0.05) is 24.0 Å². The second-order valence-electron chi connectivity index (χ2n) is 4.09. The summed E-state index contributed by atoms with van der Waals surface area (Å²) in [4.78, 5) is 13.4. The first-order valence-corrected chi connectivity index (χ1v) is 6.27. The molecule has 1 aromatic carbocycles. The average molecular weight is 260 g/mol. The minimum atomic E-state index is -0.0275. The molecule has 1 amide bonds. The highest BCUT2D eigenvalue weighted by Gasteiger charge is 2.08. The zero-order valence-corrected chi connectivity index (χ0v) is 11.5. The van der Waals surface area contributed by atoms with Crippen molar-refractivity contribution in [2.75, 3.05) is 26.8 Å². The Labute approximate surface area is 114 Å². The summed E-state index contributed by atoms with van der Waals surface area (Å²) in [6.45, 7) is 3.43. The minimum Gasteiger partial charge on any atom is -0.372 e. The van der Waals surface area contributed by atoms with Crippen molar-refractivity contribution in [2.45, 2.75) is 13.5 Å². The number of amides is 1. The lowest BCUT2D eigenvalue weighted by Gasteiger charge is -2.17. The van der Waals surface area contributed by atoms with Crippen LogP contribution in [0.4, 0.5) is 0 Å². The third-order valence-corrected chi connectivity index (χ3v) is 2.54. The smallest absolute Gasteiger partial charge is 0.248 e. The summed E-state index contributed by atoms with van der Waals surface area (Å²) in [5, 5.41) is 0. The molecule has 0 bridgehead atoms. The van der Waals surface area contributed by atoms with Gasteiger partial charge < -0.3 is 15.4 Å². The summed E-state index contributed by atoms with van der Waals surface area (Å²) >= 11 is 0. The zero-order chi connectivity index (χ0) is 14.1. The molecule has 0 aromatic heterocycles. The number of benzene rings is 1. The van der Waals surface area contributed by atoms with Gasteiger partial charge in [-0.2, -0.15) is 0 Å². The van der Waals surface area contributed by atoms with Crippen LogP contribution in [0.25, 0.3) is 0 Å². The third-order valence-electron chi connectivity index (χ3n) is 2.54. The first-order valence-electron chi connectivity index (χ1n) is 6.27. The van der Waals surface area contributed by atoms with Crippen molar-refractivity contribution in [3.05, 3.63) is 35.4 Å². The highest BCUT2D eigenvalue weighted by Crippen LogP contribution is 2.07. The Morgan fingerprint density at radius 2 is 2.26 bits per heavy atom. The summed E-state index contributed by atoms with van der Waals surface area (Å²) in [7, 11) is 1.76. The molecule has 4 nitrogen and oxygen atoms in total. The SMILES string of the molecule is CCOCC(=O)N(C)Cc1cccc(C#CCN)c1. The van der Waals surface area contributed by atoms with Gasteiger partial charge in [-0.05, 0) is 24.6 Å². The average Bonchev–Trinajstić information content (AvgIpc) is 2.42. The molecule has 0 aliphatic carbocycles. The van der Waals surface area contributed by atoms with E-state index in [4.69, 9.17) is 10.5 Å². The van der Waals surface area contributed by atoms with Gasteiger partial charge >= 0.3 is 0 Å². The maximum atomic E-state index is 11.7. The predicted octanol–water partition coefficient (Wildman–Crippen LogP) is 0.992. The molecular formula is C15H20N2O2. The lowest BCUT2D eigenvalue weighted by molar-refractivity contribution is -0.135. The first-order chi connectivity index (χ1) is 9.17. The van der Waals surface area contributed by atoms with Crippen LogP contribution >= 0.6 is 0 Å². The third kappa shape index (κ3) is 5.56. The van der Waals surface area contributed by atoms with Gasteiger partial charge in [-0.15, -0.1) is 0 Å². The van der Waals surface area contributed by atoms with Crippen LogP contribution in [0, 0.1) is 11.8 Å². The Kier molecular flexibility index (Phi) is 6.65. The summed E-state index contributed by atoms with van der Waals surface area (Å²) in [6.07, 6.45) is 0.